The molecule has 72 valence electrons. The molecular formula is C10H10N2O2. The number of nitrogens with zero attached hydrogens (tertiary/aromatic N) is 2. The highest BCUT2D eigenvalue weighted by molar-refractivity contribution is 5.85. The molecular weight excluding hydrogens is 180 g/mol. The molecule has 0 saturated heterocycles. The fourth-order valence-corrected chi connectivity index (χ4v) is 1.25. The normalized spacial score (nSPS) is 10.4. The van der Waals surface area contributed by atoms with Crippen molar-refractivity contribution in [3.05, 3.63) is 30.7 Å². The van der Waals surface area contributed by atoms with Gasteiger partial charge in [0, 0.05) is 29.4 Å². The average molecular weight is 190 g/mol. The topological polar surface area (TPSA) is 55.2 Å². The summed E-state index contributed by atoms with van der Waals surface area (Å²) in [5, 5.41) is 10.5. The molecule has 4 heteroatoms. The maximum Gasteiger partial charge on any atom is 0.221 e. The summed E-state index contributed by atoms with van der Waals surface area (Å²) < 4.78 is 5.28. The Morgan fingerprint density at radius 3 is 3.07 bits per heavy atom. The molecule has 0 fully saturated rings. The predicted octanol–water partition coefficient (Wildman–Crippen LogP) is 1.00. The largest absolute Gasteiger partial charge is 0.475 e. The third kappa shape index (κ3) is 1.65. The number of hydrogen-bond acceptors (Lipinski definition) is 4. The SMILES string of the molecule is OCCOc1nccc2cnccc12. The second-order valence-electron chi connectivity index (χ2n) is 2.78. The lowest BCUT2D eigenvalue weighted by molar-refractivity contribution is 0.198. The molecule has 0 radical (unpaired) electrons. The molecule has 0 aliphatic heterocycles. The predicted molar refractivity (Wildman–Crippen MR) is 52.1 cm³/mol. The first-order valence-corrected chi connectivity index (χ1v) is 4.34. The highest BCUT2D eigenvalue weighted by Crippen LogP contribution is 2.21. The van der Waals surface area contributed by atoms with Gasteiger partial charge >= 0.3 is 0 Å². The van der Waals surface area contributed by atoms with E-state index in [0.29, 0.717) is 5.88 Å². The van der Waals surface area contributed by atoms with Crippen molar-refractivity contribution in [1.82, 2.24) is 9.97 Å². The van der Waals surface area contributed by atoms with Gasteiger partial charge in [0.1, 0.15) is 6.61 Å². The van der Waals surface area contributed by atoms with Gasteiger partial charge < -0.3 is 9.84 Å². The molecule has 4 nitrogen and oxygen atoms in total. The first kappa shape index (κ1) is 8.90. The Balaban J connectivity index is 2.43. The Kier molecular flexibility index (Phi) is 2.55. The molecule has 1 N–H and O–H groups in total. The van der Waals surface area contributed by atoms with E-state index >= 15 is 0 Å². The first-order valence-electron chi connectivity index (χ1n) is 4.34. The zero-order chi connectivity index (χ0) is 9.80. The Labute approximate surface area is 81.2 Å². The van der Waals surface area contributed by atoms with E-state index in [1.54, 1.807) is 18.6 Å². The van der Waals surface area contributed by atoms with Crippen LogP contribution in [-0.4, -0.2) is 28.3 Å². The molecule has 0 spiro atoms. The summed E-state index contributed by atoms with van der Waals surface area (Å²) in [6.45, 7) is 0.248. The average Bonchev–Trinajstić information content (AvgIpc) is 2.26. The van der Waals surface area contributed by atoms with Crippen LogP contribution >= 0.6 is 0 Å². The lowest BCUT2D eigenvalue weighted by atomic mass is 10.2. The molecule has 2 aromatic heterocycles. The zero-order valence-corrected chi connectivity index (χ0v) is 7.55. The van der Waals surface area contributed by atoms with Gasteiger partial charge in [0.05, 0.1) is 6.61 Å². The number of rotatable bonds is 3. The third-order valence-electron chi connectivity index (χ3n) is 1.86. The van der Waals surface area contributed by atoms with Crippen molar-refractivity contribution < 1.29 is 9.84 Å². The van der Waals surface area contributed by atoms with Crippen LogP contribution in [-0.2, 0) is 0 Å². The fourth-order valence-electron chi connectivity index (χ4n) is 1.25. The summed E-state index contributed by atoms with van der Waals surface area (Å²) in [6.07, 6.45) is 5.11. The van der Waals surface area contributed by atoms with Gasteiger partial charge in [-0.2, -0.15) is 0 Å². The number of aliphatic hydroxyl groups excluding tert-OH is 1. The van der Waals surface area contributed by atoms with Gasteiger partial charge in [-0.15, -0.1) is 0 Å². The van der Waals surface area contributed by atoms with Gasteiger partial charge in [0.15, 0.2) is 0 Å². The van der Waals surface area contributed by atoms with E-state index < -0.39 is 0 Å². The van der Waals surface area contributed by atoms with Crippen molar-refractivity contribution in [2.75, 3.05) is 13.2 Å². The van der Waals surface area contributed by atoms with Crippen molar-refractivity contribution in [2.24, 2.45) is 0 Å². The summed E-state index contributed by atoms with van der Waals surface area (Å²) in [6, 6.07) is 3.71. The molecule has 0 amide bonds. The Morgan fingerprint density at radius 1 is 1.29 bits per heavy atom. The molecule has 0 unspecified atom stereocenters. The second kappa shape index (κ2) is 4.02. The van der Waals surface area contributed by atoms with Crippen LogP contribution < -0.4 is 4.74 Å². The number of hydrogen-bond donors (Lipinski definition) is 1. The van der Waals surface area contributed by atoms with Crippen molar-refractivity contribution in [1.29, 1.82) is 0 Å². The van der Waals surface area contributed by atoms with Crippen LogP contribution in [0.3, 0.4) is 0 Å². The van der Waals surface area contributed by atoms with E-state index in [4.69, 9.17) is 9.84 Å². The van der Waals surface area contributed by atoms with E-state index in [1.807, 2.05) is 12.1 Å². The van der Waals surface area contributed by atoms with Gasteiger partial charge in [0.2, 0.25) is 5.88 Å². The van der Waals surface area contributed by atoms with Crippen LogP contribution in [0, 0.1) is 0 Å². The molecule has 0 bridgehead atoms. The van der Waals surface area contributed by atoms with Crippen LogP contribution in [0.1, 0.15) is 0 Å². The molecule has 0 aliphatic rings. The van der Waals surface area contributed by atoms with E-state index in [2.05, 4.69) is 9.97 Å². The highest BCUT2D eigenvalue weighted by atomic mass is 16.5. The van der Waals surface area contributed by atoms with Crippen LogP contribution in [0.15, 0.2) is 30.7 Å². The quantitative estimate of drug-likeness (QED) is 0.784. The molecule has 0 atom stereocenters. The van der Waals surface area contributed by atoms with Gasteiger partial charge in [-0.25, -0.2) is 4.98 Å². The second-order valence-corrected chi connectivity index (χ2v) is 2.78. The number of pyridine rings is 2. The smallest absolute Gasteiger partial charge is 0.221 e. The van der Waals surface area contributed by atoms with Gasteiger partial charge in [-0.3, -0.25) is 4.98 Å². The van der Waals surface area contributed by atoms with E-state index in [-0.39, 0.29) is 13.2 Å². The Bertz CT molecular complexity index is 426. The van der Waals surface area contributed by atoms with E-state index in [9.17, 15) is 0 Å². The Hall–Kier alpha value is -1.68. The van der Waals surface area contributed by atoms with Crippen LogP contribution in [0.5, 0.6) is 5.88 Å². The van der Waals surface area contributed by atoms with E-state index in [1.165, 1.54) is 0 Å². The summed E-state index contributed by atoms with van der Waals surface area (Å²) in [7, 11) is 0. The lowest BCUT2D eigenvalue weighted by Crippen LogP contribution is -2.03. The molecule has 14 heavy (non-hydrogen) atoms. The van der Waals surface area contributed by atoms with Crippen molar-refractivity contribution in [2.45, 2.75) is 0 Å². The standard InChI is InChI=1S/C10H10N2O2/c13-5-6-14-10-9-2-3-11-7-8(9)1-4-12-10/h1-4,7,13H,5-6H2. The molecule has 0 aromatic carbocycles. The monoisotopic (exact) mass is 190 g/mol. The van der Waals surface area contributed by atoms with Gasteiger partial charge in [-0.05, 0) is 12.1 Å². The van der Waals surface area contributed by atoms with Gasteiger partial charge in [-0.1, -0.05) is 0 Å². The lowest BCUT2D eigenvalue weighted by Gasteiger charge is -2.05. The molecule has 2 rings (SSSR count). The summed E-state index contributed by atoms with van der Waals surface area (Å²) in [5.74, 6) is 0.541. The molecule has 2 heterocycles. The summed E-state index contributed by atoms with van der Waals surface area (Å²) >= 11 is 0. The van der Waals surface area contributed by atoms with Crippen molar-refractivity contribution in [3.63, 3.8) is 0 Å². The van der Waals surface area contributed by atoms with Crippen LogP contribution in [0.2, 0.25) is 0 Å². The number of aliphatic hydroxyl groups is 1. The summed E-state index contributed by atoms with van der Waals surface area (Å²) in [5.41, 5.74) is 0. The van der Waals surface area contributed by atoms with Crippen molar-refractivity contribution >= 4 is 10.8 Å². The molecule has 2 aromatic rings. The number of fused-ring (bicyclic) bond motifs is 1. The maximum atomic E-state index is 8.63. The van der Waals surface area contributed by atoms with Crippen molar-refractivity contribution in [3.8, 4) is 5.88 Å². The highest BCUT2D eigenvalue weighted by Gasteiger charge is 2.01. The third-order valence-corrected chi connectivity index (χ3v) is 1.86. The fraction of sp³-hybridized carbons (Fsp3) is 0.200. The Morgan fingerprint density at radius 2 is 2.21 bits per heavy atom. The van der Waals surface area contributed by atoms with Crippen LogP contribution in [0.25, 0.3) is 10.8 Å². The minimum Gasteiger partial charge on any atom is -0.475 e. The molecule has 0 aliphatic carbocycles. The minimum absolute atomic E-state index is 0.0108. The van der Waals surface area contributed by atoms with Gasteiger partial charge in [0.25, 0.3) is 0 Å². The molecule has 0 saturated carbocycles. The number of aromatic nitrogens is 2. The van der Waals surface area contributed by atoms with Crippen LogP contribution in [0.4, 0.5) is 0 Å². The number of ether oxygens (including phenoxy) is 1. The summed E-state index contributed by atoms with van der Waals surface area (Å²) in [4.78, 5) is 8.08. The van der Waals surface area contributed by atoms with E-state index in [0.717, 1.165) is 10.8 Å². The zero-order valence-electron chi connectivity index (χ0n) is 7.55. The minimum atomic E-state index is -0.0108. The first-order chi connectivity index (χ1) is 6.92. The maximum absolute atomic E-state index is 8.63.